The summed E-state index contributed by atoms with van der Waals surface area (Å²) in [5.74, 6) is 1.76. The molecule has 120 valence electrons. The summed E-state index contributed by atoms with van der Waals surface area (Å²) in [6.07, 6.45) is 0. The minimum atomic E-state index is 0.141. The molecule has 0 atom stereocenters. The van der Waals surface area contributed by atoms with E-state index < -0.39 is 0 Å². The van der Waals surface area contributed by atoms with Gasteiger partial charge in [0.05, 0.1) is 4.88 Å². The topological polar surface area (TPSA) is 42.0 Å². The van der Waals surface area contributed by atoms with Gasteiger partial charge in [-0.25, -0.2) is 0 Å². The van der Waals surface area contributed by atoms with Crippen LogP contribution in [0.25, 0.3) is 0 Å². The molecule has 0 saturated carbocycles. The fourth-order valence-electron chi connectivity index (χ4n) is 2.95. The first-order valence-electron chi connectivity index (χ1n) is 7.79. The third-order valence-corrected chi connectivity index (χ3v) is 5.05. The molecule has 4 rings (SSSR count). The van der Waals surface area contributed by atoms with Crippen LogP contribution < -0.4 is 14.4 Å². The SMILES string of the molecule is O=C(c1cccs1)N1CCN(c2ccc3c(c2)OCCO3)CC1. The maximum Gasteiger partial charge on any atom is 0.264 e. The number of benzene rings is 1. The van der Waals surface area contributed by atoms with E-state index in [-0.39, 0.29) is 5.91 Å². The third kappa shape index (κ3) is 2.86. The lowest BCUT2D eigenvalue weighted by atomic mass is 10.2. The molecular formula is C17H18N2O3S. The highest BCUT2D eigenvalue weighted by atomic mass is 32.1. The summed E-state index contributed by atoms with van der Waals surface area (Å²) in [5.41, 5.74) is 1.12. The van der Waals surface area contributed by atoms with Gasteiger partial charge in [-0.3, -0.25) is 4.79 Å². The second-order valence-electron chi connectivity index (χ2n) is 5.58. The van der Waals surface area contributed by atoms with Gasteiger partial charge in [0, 0.05) is 37.9 Å². The Balaban J connectivity index is 1.42. The first kappa shape index (κ1) is 14.4. The molecule has 3 heterocycles. The van der Waals surface area contributed by atoms with E-state index in [1.165, 1.54) is 11.3 Å². The van der Waals surface area contributed by atoms with Crippen LogP contribution in [0.5, 0.6) is 11.5 Å². The number of amides is 1. The highest BCUT2D eigenvalue weighted by Crippen LogP contribution is 2.34. The molecule has 2 aromatic rings. The van der Waals surface area contributed by atoms with Crippen molar-refractivity contribution in [1.29, 1.82) is 0 Å². The van der Waals surface area contributed by atoms with Gasteiger partial charge in [-0.05, 0) is 23.6 Å². The summed E-state index contributed by atoms with van der Waals surface area (Å²) in [5, 5.41) is 1.94. The highest BCUT2D eigenvalue weighted by molar-refractivity contribution is 7.12. The Labute approximate surface area is 139 Å². The van der Waals surface area contributed by atoms with Crippen molar-refractivity contribution in [2.75, 3.05) is 44.3 Å². The van der Waals surface area contributed by atoms with Gasteiger partial charge in [0.1, 0.15) is 13.2 Å². The monoisotopic (exact) mass is 330 g/mol. The summed E-state index contributed by atoms with van der Waals surface area (Å²) >= 11 is 1.50. The van der Waals surface area contributed by atoms with Crippen LogP contribution in [0.1, 0.15) is 9.67 Å². The minimum Gasteiger partial charge on any atom is -0.486 e. The van der Waals surface area contributed by atoms with E-state index in [9.17, 15) is 4.79 Å². The Bertz CT molecular complexity index is 694. The molecular weight excluding hydrogens is 312 g/mol. The average Bonchev–Trinajstić information content (AvgIpc) is 3.15. The van der Waals surface area contributed by atoms with Gasteiger partial charge in [0.2, 0.25) is 0 Å². The molecule has 1 aromatic heterocycles. The predicted octanol–water partition coefficient (Wildman–Crippen LogP) is 2.48. The van der Waals surface area contributed by atoms with E-state index in [1.54, 1.807) is 0 Å². The average molecular weight is 330 g/mol. The van der Waals surface area contributed by atoms with Crippen LogP contribution >= 0.6 is 11.3 Å². The van der Waals surface area contributed by atoms with Crippen LogP contribution in [0.3, 0.4) is 0 Å². The molecule has 5 nitrogen and oxygen atoms in total. The fraction of sp³-hybridized carbons (Fsp3) is 0.353. The van der Waals surface area contributed by atoms with Crippen LogP contribution in [0.2, 0.25) is 0 Å². The molecule has 2 aliphatic heterocycles. The zero-order chi connectivity index (χ0) is 15.6. The maximum atomic E-state index is 12.4. The van der Waals surface area contributed by atoms with Gasteiger partial charge in [-0.2, -0.15) is 0 Å². The summed E-state index contributed by atoms with van der Waals surface area (Å²) in [7, 11) is 0. The van der Waals surface area contributed by atoms with E-state index in [2.05, 4.69) is 11.0 Å². The molecule has 6 heteroatoms. The fourth-order valence-corrected chi connectivity index (χ4v) is 3.64. The molecule has 1 saturated heterocycles. The quantitative estimate of drug-likeness (QED) is 0.848. The number of thiophene rings is 1. The zero-order valence-electron chi connectivity index (χ0n) is 12.7. The summed E-state index contributed by atoms with van der Waals surface area (Å²) in [6.45, 7) is 4.35. The molecule has 1 amide bonds. The van der Waals surface area contributed by atoms with Gasteiger partial charge in [0.15, 0.2) is 11.5 Å². The van der Waals surface area contributed by atoms with E-state index in [1.807, 2.05) is 34.5 Å². The van der Waals surface area contributed by atoms with Crippen molar-refractivity contribution in [2.24, 2.45) is 0 Å². The van der Waals surface area contributed by atoms with Gasteiger partial charge in [0.25, 0.3) is 5.91 Å². The normalized spacial score (nSPS) is 17.2. The maximum absolute atomic E-state index is 12.4. The van der Waals surface area contributed by atoms with Crippen LogP contribution in [-0.2, 0) is 0 Å². The number of piperazine rings is 1. The Morgan fingerprint density at radius 2 is 1.78 bits per heavy atom. The Morgan fingerprint density at radius 3 is 2.52 bits per heavy atom. The molecule has 1 aromatic carbocycles. The number of hydrogen-bond acceptors (Lipinski definition) is 5. The zero-order valence-corrected chi connectivity index (χ0v) is 13.6. The van der Waals surface area contributed by atoms with Crippen molar-refractivity contribution in [1.82, 2.24) is 4.90 Å². The van der Waals surface area contributed by atoms with Crippen molar-refractivity contribution in [3.8, 4) is 11.5 Å². The summed E-state index contributed by atoms with van der Waals surface area (Å²) in [6, 6.07) is 9.87. The second-order valence-corrected chi connectivity index (χ2v) is 6.53. The number of fused-ring (bicyclic) bond motifs is 1. The lowest BCUT2D eigenvalue weighted by Gasteiger charge is -2.36. The molecule has 0 bridgehead atoms. The van der Waals surface area contributed by atoms with Crippen molar-refractivity contribution < 1.29 is 14.3 Å². The molecule has 0 spiro atoms. The van der Waals surface area contributed by atoms with Crippen molar-refractivity contribution >= 4 is 22.9 Å². The predicted molar refractivity (Wildman–Crippen MR) is 89.9 cm³/mol. The number of nitrogens with zero attached hydrogens (tertiary/aromatic N) is 2. The van der Waals surface area contributed by atoms with Crippen LogP contribution in [0, 0.1) is 0 Å². The first-order valence-corrected chi connectivity index (χ1v) is 8.66. The standard InChI is InChI=1S/C17H18N2O3S/c20-17(16-2-1-11-23-16)19-7-5-18(6-8-19)13-3-4-14-15(12-13)22-10-9-21-14/h1-4,11-12H,5-10H2. The largest absolute Gasteiger partial charge is 0.486 e. The van der Waals surface area contributed by atoms with E-state index in [4.69, 9.17) is 9.47 Å². The van der Waals surface area contributed by atoms with E-state index in [0.717, 1.165) is 48.2 Å². The van der Waals surface area contributed by atoms with Gasteiger partial charge in [-0.1, -0.05) is 6.07 Å². The number of hydrogen-bond donors (Lipinski definition) is 0. The van der Waals surface area contributed by atoms with E-state index >= 15 is 0 Å². The van der Waals surface area contributed by atoms with Crippen molar-refractivity contribution in [3.05, 3.63) is 40.6 Å². The molecule has 2 aliphatic rings. The van der Waals surface area contributed by atoms with Crippen LogP contribution in [-0.4, -0.2) is 50.2 Å². The van der Waals surface area contributed by atoms with Crippen LogP contribution in [0.15, 0.2) is 35.7 Å². The molecule has 23 heavy (non-hydrogen) atoms. The molecule has 0 N–H and O–H groups in total. The van der Waals surface area contributed by atoms with Crippen LogP contribution in [0.4, 0.5) is 5.69 Å². The number of rotatable bonds is 2. The summed E-state index contributed by atoms with van der Waals surface area (Å²) < 4.78 is 11.2. The van der Waals surface area contributed by atoms with E-state index in [0.29, 0.717) is 13.2 Å². The Kier molecular flexibility index (Phi) is 3.83. The first-order chi connectivity index (χ1) is 11.3. The number of carbonyl (C=O) groups is 1. The number of ether oxygens (including phenoxy) is 2. The number of carbonyl (C=O) groups excluding carboxylic acids is 1. The minimum absolute atomic E-state index is 0.141. The Morgan fingerprint density at radius 1 is 1.00 bits per heavy atom. The van der Waals surface area contributed by atoms with Crippen molar-refractivity contribution in [2.45, 2.75) is 0 Å². The lowest BCUT2D eigenvalue weighted by Crippen LogP contribution is -2.48. The molecule has 1 fully saturated rings. The summed E-state index contributed by atoms with van der Waals surface area (Å²) in [4.78, 5) is 17.4. The number of anilines is 1. The molecule has 0 aliphatic carbocycles. The highest BCUT2D eigenvalue weighted by Gasteiger charge is 2.23. The third-order valence-electron chi connectivity index (χ3n) is 4.19. The van der Waals surface area contributed by atoms with Gasteiger partial charge < -0.3 is 19.3 Å². The Hall–Kier alpha value is -2.21. The van der Waals surface area contributed by atoms with Gasteiger partial charge in [-0.15, -0.1) is 11.3 Å². The van der Waals surface area contributed by atoms with Crippen molar-refractivity contribution in [3.63, 3.8) is 0 Å². The lowest BCUT2D eigenvalue weighted by molar-refractivity contribution is 0.0751. The molecule has 0 unspecified atom stereocenters. The van der Waals surface area contributed by atoms with Gasteiger partial charge >= 0.3 is 0 Å². The second kappa shape index (κ2) is 6.12. The smallest absolute Gasteiger partial charge is 0.264 e. The molecule has 0 radical (unpaired) electrons.